The van der Waals surface area contributed by atoms with E-state index in [9.17, 15) is 13.2 Å². The molecule has 0 aromatic carbocycles. The van der Waals surface area contributed by atoms with E-state index in [0.717, 1.165) is 0 Å². The predicted molar refractivity (Wildman–Crippen MR) is 67.5 cm³/mol. The third kappa shape index (κ3) is 3.71. The first-order valence-corrected chi connectivity index (χ1v) is 7.73. The number of carboxylic acids is 1. The van der Waals surface area contributed by atoms with Crippen molar-refractivity contribution in [2.75, 3.05) is 18.1 Å². The lowest BCUT2D eigenvalue weighted by Gasteiger charge is -2.10. The summed E-state index contributed by atoms with van der Waals surface area (Å²) >= 11 is 0. The van der Waals surface area contributed by atoms with Crippen LogP contribution in [0.5, 0.6) is 0 Å². The van der Waals surface area contributed by atoms with Gasteiger partial charge in [-0.05, 0) is 18.9 Å². The Bertz CT molecular complexity index is 573. The fourth-order valence-corrected chi connectivity index (χ4v) is 3.96. The Morgan fingerprint density at radius 1 is 1.53 bits per heavy atom. The second kappa shape index (κ2) is 5.62. The molecule has 0 aliphatic carbocycles. The van der Waals surface area contributed by atoms with Crippen molar-refractivity contribution in [1.29, 1.82) is 0 Å². The number of nitrogens with zero attached hydrogens (tertiary/aromatic N) is 2. The van der Waals surface area contributed by atoms with Crippen LogP contribution in [0.3, 0.4) is 0 Å². The van der Waals surface area contributed by atoms with E-state index in [2.05, 4.69) is 15.3 Å². The van der Waals surface area contributed by atoms with Gasteiger partial charge in [0.1, 0.15) is 11.9 Å². The Hall–Kier alpha value is -1.54. The van der Waals surface area contributed by atoms with Crippen LogP contribution < -0.4 is 5.32 Å². The van der Waals surface area contributed by atoms with Crippen LogP contribution in [0.15, 0.2) is 12.5 Å². The number of sulfone groups is 1. The average molecular weight is 285 g/mol. The van der Waals surface area contributed by atoms with Gasteiger partial charge in [0.25, 0.3) is 0 Å². The molecule has 7 nitrogen and oxygen atoms in total. The summed E-state index contributed by atoms with van der Waals surface area (Å²) in [5.74, 6) is -0.524. The summed E-state index contributed by atoms with van der Waals surface area (Å²) in [6, 6.07) is 0. The SMILES string of the molecule is O=C(O)c1cncnc1CNCC1CCS(=O)(=O)C1. The molecule has 104 valence electrons. The fraction of sp³-hybridized carbons (Fsp3) is 0.545. The Morgan fingerprint density at radius 3 is 2.95 bits per heavy atom. The number of hydrogen-bond donors (Lipinski definition) is 2. The number of carbonyl (C=O) groups is 1. The number of rotatable bonds is 5. The number of nitrogens with one attached hydrogen (secondary N) is 1. The monoisotopic (exact) mass is 285 g/mol. The molecule has 1 aromatic heterocycles. The minimum atomic E-state index is -2.87. The second-order valence-corrected chi connectivity index (χ2v) is 6.82. The third-order valence-electron chi connectivity index (χ3n) is 3.08. The smallest absolute Gasteiger partial charge is 0.339 e. The van der Waals surface area contributed by atoms with Crippen LogP contribution in [0.4, 0.5) is 0 Å². The first-order chi connectivity index (χ1) is 8.98. The first kappa shape index (κ1) is 13.9. The van der Waals surface area contributed by atoms with Crippen LogP contribution in [0, 0.1) is 5.92 Å². The molecule has 8 heteroatoms. The van der Waals surface area contributed by atoms with Crippen molar-refractivity contribution in [3.05, 3.63) is 23.8 Å². The maximum absolute atomic E-state index is 11.3. The summed E-state index contributed by atoms with van der Waals surface area (Å²) in [5, 5.41) is 12.0. The Balaban J connectivity index is 1.88. The van der Waals surface area contributed by atoms with Gasteiger partial charge in [0.2, 0.25) is 0 Å². The normalized spacial score (nSPS) is 21.4. The zero-order chi connectivity index (χ0) is 13.9. The highest BCUT2D eigenvalue weighted by molar-refractivity contribution is 7.91. The van der Waals surface area contributed by atoms with Gasteiger partial charge in [-0.25, -0.2) is 23.2 Å². The summed E-state index contributed by atoms with van der Waals surface area (Å²) in [7, 11) is -2.87. The van der Waals surface area contributed by atoms with Gasteiger partial charge >= 0.3 is 5.97 Å². The van der Waals surface area contributed by atoms with Crippen molar-refractivity contribution in [3.63, 3.8) is 0 Å². The van der Waals surface area contributed by atoms with E-state index in [1.165, 1.54) is 12.5 Å². The zero-order valence-corrected chi connectivity index (χ0v) is 11.1. The van der Waals surface area contributed by atoms with E-state index in [1.54, 1.807) is 0 Å². The van der Waals surface area contributed by atoms with Crippen LogP contribution in [-0.4, -0.2) is 47.5 Å². The minimum absolute atomic E-state index is 0.0639. The van der Waals surface area contributed by atoms with Crippen LogP contribution in [0.1, 0.15) is 22.5 Å². The summed E-state index contributed by atoms with van der Waals surface area (Å²) < 4.78 is 22.6. The van der Waals surface area contributed by atoms with E-state index in [-0.39, 0.29) is 23.0 Å². The highest BCUT2D eigenvalue weighted by atomic mass is 32.2. The molecule has 0 bridgehead atoms. The van der Waals surface area contributed by atoms with Crippen LogP contribution in [0.25, 0.3) is 0 Å². The van der Waals surface area contributed by atoms with Crippen molar-refractivity contribution < 1.29 is 18.3 Å². The van der Waals surface area contributed by atoms with E-state index in [1.807, 2.05) is 0 Å². The van der Waals surface area contributed by atoms with E-state index in [4.69, 9.17) is 5.11 Å². The predicted octanol–water partition coefficient (Wildman–Crippen LogP) is -0.301. The molecule has 2 N–H and O–H groups in total. The van der Waals surface area contributed by atoms with Crippen molar-refractivity contribution in [3.8, 4) is 0 Å². The van der Waals surface area contributed by atoms with Gasteiger partial charge in [-0.1, -0.05) is 0 Å². The lowest BCUT2D eigenvalue weighted by atomic mass is 10.1. The van der Waals surface area contributed by atoms with E-state index in [0.29, 0.717) is 25.2 Å². The summed E-state index contributed by atoms with van der Waals surface area (Å²) in [4.78, 5) is 18.5. The second-order valence-electron chi connectivity index (χ2n) is 4.59. The number of carboxylic acid groups (broad SMARTS) is 1. The highest BCUT2D eigenvalue weighted by Crippen LogP contribution is 2.17. The van der Waals surface area contributed by atoms with Gasteiger partial charge in [0.15, 0.2) is 9.84 Å². The molecule has 0 saturated carbocycles. The standard InChI is InChI=1S/C11H15N3O4S/c15-11(16)9-4-13-7-14-10(9)5-12-3-8-1-2-19(17,18)6-8/h4,7-8,12H,1-3,5-6H2,(H,15,16). The van der Waals surface area contributed by atoms with Gasteiger partial charge in [-0.2, -0.15) is 0 Å². The molecule has 0 spiro atoms. The zero-order valence-electron chi connectivity index (χ0n) is 10.2. The molecule has 1 aliphatic rings. The molecule has 0 radical (unpaired) electrons. The minimum Gasteiger partial charge on any atom is -0.478 e. The molecule has 19 heavy (non-hydrogen) atoms. The number of hydrogen-bond acceptors (Lipinski definition) is 6. The van der Waals surface area contributed by atoms with Crippen LogP contribution >= 0.6 is 0 Å². The lowest BCUT2D eigenvalue weighted by molar-refractivity contribution is 0.0694. The Morgan fingerprint density at radius 2 is 2.32 bits per heavy atom. The number of aromatic carboxylic acids is 1. The van der Waals surface area contributed by atoms with Crippen molar-refractivity contribution >= 4 is 15.8 Å². The molecular weight excluding hydrogens is 270 g/mol. The molecule has 2 rings (SSSR count). The Kier molecular flexibility index (Phi) is 4.11. The molecule has 0 amide bonds. The molecule has 1 unspecified atom stereocenters. The summed E-state index contributed by atoms with van der Waals surface area (Å²) in [5.41, 5.74) is 0.470. The molecule has 1 aliphatic heterocycles. The topological polar surface area (TPSA) is 109 Å². The molecule has 1 fully saturated rings. The van der Waals surface area contributed by atoms with Gasteiger partial charge in [0.05, 0.1) is 17.2 Å². The van der Waals surface area contributed by atoms with Crippen molar-refractivity contribution in [1.82, 2.24) is 15.3 Å². The molecule has 2 heterocycles. The summed E-state index contributed by atoms with van der Waals surface area (Å²) in [6.45, 7) is 0.836. The first-order valence-electron chi connectivity index (χ1n) is 5.91. The molecular formula is C11H15N3O4S. The van der Waals surface area contributed by atoms with Gasteiger partial charge in [0, 0.05) is 12.7 Å². The Labute approximate surface area is 111 Å². The van der Waals surface area contributed by atoms with E-state index < -0.39 is 15.8 Å². The third-order valence-corrected chi connectivity index (χ3v) is 4.91. The molecule has 1 atom stereocenters. The average Bonchev–Trinajstić information content (AvgIpc) is 2.69. The van der Waals surface area contributed by atoms with E-state index >= 15 is 0 Å². The van der Waals surface area contributed by atoms with Crippen LogP contribution in [-0.2, 0) is 16.4 Å². The fourth-order valence-electron chi connectivity index (χ4n) is 2.10. The quantitative estimate of drug-likeness (QED) is 0.764. The lowest BCUT2D eigenvalue weighted by Crippen LogP contribution is -2.24. The molecule has 1 aromatic rings. The maximum atomic E-state index is 11.3. The number of aromatic nitrogens is 2. The van der Waals surface area contributed by atoms with Crippen LogP contribution in [0.2, 0.25) is 0 Å². The maximum Gasteiger partial charge on any atom is 0.339 e. The highest BCUT2D eigenvalue weighted by Gasteiger charge is 2.27. The van der Waals surface area contributed by atoms with Crippen molar-refractivity contribution in [2.45, 2.75) is 13.0 Å². The summed E-state index contributed by atoms with van der Waals surface area (Å²) in [6.07, 6.45) is 3.21. The molecule has 1 saturated heterocycles. The van der Waals surface area contributed by atoms with Gasteiger partial charge < -0.3 is 10.4 Å². The van der Waals surface area contributed by atoms with Crippen molar-refractivity contribution in [2.24, 2.45) is 5.92 Å². The largest absolute Gasteiger partial charge is 0.478 e. The van der Waals surface area contributed by atoms with Gasteiger partial charge in [-0.15, -0.1) is 0 Å². The van der Waals surface area contributed by atoms with Gasteiger partial charge in [-0.3, -0.25) is 0 Å².